The highest BCUT2D eigenvalue weighted by atomic mass is 32.2. The Labute approximate surface area is 142 Å². The molecule has 0 aromatic carbocycles. The molecular weight excluding hydrogens is 328 g/mol. The first kappa shape index (κ1) is 15.9. The van der Waals surface area contributed by atoms with E-state index >= 15 is 0 Å². The molecule has 3 aromatic heterocycles. The van der Waals surface area contributed by atoms with Crippen LogP contribution in [0.3, 0.4) is 0 Å². The average molecular weight is 344 g/mol. The van der Waals surface area contributed by atoms with Gasteiger partial charge in [0.15, 0.2) is 16.8 Å². The molecule has 0 aliphatic heterocycles. The predicted octanol–water partition coefficient (Wildman–Crippen LogP) is 3.53. The van der Waals surface area contributed by atoms with Gasteiger partial charge in [-0.2, -0.15) is 0 Å². The van der Waals surface area contributed by atoms with Gasteiger partial charge in [0.2, 0.25) is 0 Å². The molecule has 0 aliphatic carbocycles. The van der Waals surface area contributed by atoms with Crippen molar-refractivity contribution in [2.45, 2.75) is 19.0 Å². The van der Waals surface area contributed by atoms with Gasteiger partial charge >= 0.3 is 0 Å². The van der Waals surface area contributed by atoms with Gasteiger partial charge in [0, 0.05) is 40.3 Å². The molecule has 23 heavy (non-hydrogen) atoms. The summed E-state index contributed by atoms with van der Waals surface area (Å²) in [6.45, 7) is 4.00. The van der Waals surface area contributed by atoms with E-state index in [2.05, 4.69) is 15.2 Å². The fraction of sp³-hybridized carbons (Fsp3) is 0.250. The first-order chi connectivity index (χ1) is 11.1. The molecule has 0 amide bonds. The second kappa shape index (κ2) is 6.64. The van der Waals surface area contributed by atoms with Crippen molar-refractivity contribution in [1.29, 1.82) is 0 Å². The Morgan fingerprint density at radius 3 is 2.65 bits per heavy atom. The van der Waals surface area contributed by atoms with E-state index in [0.29, 0.717) is 5.75 Å². The third kappa shape index (κ3) is 3.35. The molecule has 0 bridgehead atoms. The van der Waals surface area contributed by atoms with Gasteiger partial charge in [0.05, 0.1) is 5.75 Å². The van der Waals surface area contributed by atoms with Crippen LogP contribution in [0.5, 0.6) is 0 Å². The normalized spacial score (nSPS) is 10.9. The second-order valence-electron chi connectivity index (χ2n) is 5.14. The molecular formula is C16H16N4OS2. The van der Waals surface area contributed by atoms with Crippen molar-refractivity contribution >= 4 is 28.9 Å². The first-order valence-electron chi connectivity index (χ1n) is 7.09. The summed E-state index contributed by atoms with van der Waals surface area (Å²) in [7, 11) is 1.91. The topological polar surface area (TPSA) is 60.7 Å². The molecule has 0 saturated carbocycles. The minimum atomic E-state index is 0.130. The molecule has 118 valence electrons. The van der Waals surface area contributed by atoms with Crippen molar-refractivity contribution in [2.24, 2.45) is 7.05 Å². The molecule has 0 fully saturated rings. The Bertz CT molecular complexity index is 839. The lowest BCUT2D eigenvalue weighted by atomic mass is 10.2. The van der Waals surface area contributed by atoms with Crippen LogP contribution in [-0.4, -0.2) is 31.3 Å². The quantitative estimate of drug-likeness (QED) is 0.523. The van der Waals surface area contributed by atoms with E-state index in [4.69, 9.17) is 0 Å². The Balaban J connectivity index is 1.73. The molecule has 0 spiro atoms. The maximum atomic E-state index is 12.4. The van der Waals surface area contributed by atoms with Crippen molar-refractivity contribution in [2.75, 3.05) is 5.75 Å². The smallest absolute Gasteiger partial charge is 0.191 e. The zero-order chi connectivity index (χ0) is 16.4. The highest BCUT2D eigenvalue weighted by Crippen LogP contribution is 2.25. The largest absolute Gasteiger partial charge is 0.305 e. The fourth-order valence-electron chi connectivity index (χ4n) is 2.31. The third-order valence-corrected chi connectivity index (χ3v) is 5.43. The van der Waals surface area contributed by atoms with Crippen LogP contribution in [0.4, 0.5) is 0 Å². The van der Waals surface area contributed by atoms with Gasteiger partial charge in [-0.3, -0.25) is 9.78 Å². The number of carbonyl (C=O) groups is 1. The predicted molar refractivity (Wildman–Crippen MR) is 93.1 cm³/mol. The molecule has 0 aliphatic rings. The SMILES string of the molecule is Cc1cc(C(=O)CSc2nnc(-c3ccncc3)n2C)c(C)s1. The number of hydrogen-bond donors (Lipinski definition) is 0. The summed E-state index contributed by atoms with van der Waals surface area (Å²) in [5.41, 5.74) is 1.77. The average Bonchev–Trinajstić information content (AvgIpc) is 3.08. The molecule has 5 nitrogen and oxygen atoms in total. The fourth-order valence-corrected chi connectivity index (χ4v) is 4.05. The number of carbonyl (C=O) groups excluding carboxylic acids is 1. The van der Waals surface area contributed by atoms with Crippen molar-refractivity contribution in [1.82, 2.24) is 19.7 Å². The number of thiophene rings is 1. The molecule has 0 N–H and O–H groups in total. The van der Waals surface area contributed by atoms with E-state index in [0.717, 1.165) is 31.9 Å². The zero-order valence-corrected chi connectivity index (χ0v) is 14.7. The maximum Gasteiger partial charge on any atom is 0.191 e. The standard InChI is InChI=1S/C16H16N4OS2/c1-10-8-13(11(2)23-10)14(21)9-22-16-19-18-15(20(16)3)12-4-6-17-7-5-12/h4-8H,9H2,1-3H3. The van der Waals surface area contributed by atoms with Gasteiger partial charge in [0.25, 0.3) is 0 Å². The Morgan fingerprint density at radius 1 is 1.26 bits per heavy atom. The number of hydrogen-bond acceptors (Lipinski definition) is 6. The van der Waals surface area contributed by atoms with Crippen LogP contribution in [0, 0.1) is 13.8 Å². The van der Waals surface area contributed by atoms with E-state index in [-0.39, 0.29) is 5.78 Å². The summed E-state index contributed by atoms with van der Waals surface area (Å²) in [5, 5.41) is 9.14. The monoisotopic (exact) mass is 344 g/mol. The minimum Gasteiger partial charge on any atom is -0.305 e. The summed E-state index contributed by atoms with van der Waals surface area (Å²) in [5.74, 6) is 1.26. The number of ketones is 1. The van der Waals surface area contributed by atoms with E-state index < -0.39 is 0 Å². The Kier molecular flexibility index (Phi) is 4.58. The van der Waals surface area contributed by atoms with Crippen LogP contribution >= 0.6 is 23.1 Å². The number of aromatic nitrogens is 4. The molecule has 0 saturated heterocycles. The number of aryl methyl sites for hydroxylation is 2. The van der Waals surface area contributed by atoms with Crippen molar-refractivity contribution in [3.8, 4) is 11.4 Å². The van der Waals surface area contributed by atoms with Gasteiger partial charge in [-0.15, -0.1) is 21.5 Å². The van der Waals surface area contributed by atoms with E-state index in [9.17, 15) is 4.79 Å². The van der Waals surface area contributed by atoms with Crippen molar-refractivity contribution < 1.29 is 4.79 Å². The van der Waals surface area contributed by atoms with Crippen LogP contribution in [0.1, 0.15) is 20.1 Å². The van der Waals surface area contributed by atoms with Gasteiger partial charge in [-0.05, 0) is 32.0 Å². The second-order valence-corrected chi connectivity index (χ2v) is 7.54. The summed E-state index contributed by atoms with van der Waals surface area (Å²) in [4.78, 5) is 18.6. The molecule has 3 aromatic rings. The summed E-state index contributed by atoms with van der Waals surface area (Å²) < 4.78 is 1.90. The highest BCUT2D eigenvalue weighted by Gasteiger charge is 2.16. The van der Waals surface area contributed by atoms with E-state index in [1.807, 2.05) is 43.7 Å². The molecule has 3 rings (SSSR count). The van der Waals surface area contributed by atoms with Crippen LogP contribution in [0.2, 0.25) is 0 Å². The summed E-state index contributed by atoms with van der Waals surface area (Å²) in [6, 6.07) is 5.74. The molecule has 7 heteroatoms. The van der Waals surface area contributed by atoms with E-state index in [1.54, 1.807) is 23.7 Å². The molecule has 3 heterocycles. The van der Waals surface area contributed by atoms with Crippen molar-refractivity contribution in [3.05, 3.63) is 45.9 Å². The lowest BCUT2D eigenvalue weighted by molar-refractivity contribution is 0.102. The van der Waals surface area contributed by atoms with Gasteiger partial charge in [-0.1, -0.05) is 11.8 Å². The Hall–Kier alpha value is -1.99. The number of rotatable bonds is 5. The number of pyridine rings is 1. The Morgan fingerprint density at radius 2 is 2.00 bits per heavy atom. The lowest BCUT2D eigenvalue weighted by Crippen LogP contribution is -2.04. The van der Waals surface area contributed by atoms with Crippen molar-refractivity contribution in [3.63, 3.8) is 0 Å². The van der Waals surface area contributed by atoms with Gasteiger partial charge in [-0.25, -0.2) is 0 Å². The molecule has 0 radical (unpaired) electrons. The zero-order valence-electron chi connectivity index (χ0n) is 13.1. The third-order valence-electron chi connectivity index (χ3n) is 3.45. The van der Waals surface area contributed by atoms with E-state index in [1.165, 1.54) is 11.8 Å². The first-order valence-corrected chi connectivity index (χ1v) is 8.89. The van der Waals surface area contributed by atoms with Crippen LogP contribution in [-0.2, 0) is 7.05 Å². The van der Waals surface area contributed by atoms with Gasteiger partial charge in [0.1, 0.15) is 0 Å². The van der Waals surface area contributed by atoms with Crippen LogP contribution in [0.15, 0.2) is 35.7 Å². The minimum absolute atomic E-state index is 0.130. The summed E-state index contributed by atoms with van der Waals surface area (Å²) in [6.07, 6.45) is 3.45. The molecule has 0 unspecified atom stereocenters. The summed E-state index contributed by atoms with van der Waals surface area (Å²) >= 11 is 3.07. The van der Waals surface area contributed by atoms with Crippen LogP contribution in [0.25, 0.3) is 11.4 Å². The van der Waals surface area contributed by atoms with Crippen LogP contribution < -0.4 is 0 Å². The number of nitrogens with zero attached hydrogens (tertiary/aromatic N) is 4. The number of thioether (sulfide) groups is 1. The lowest BCUT2D eigenvalue weighted by Gasteiger charge is -2.03. The van der Waals surface area contributed by atoms with Gasteiger partial charge < -0.3 is 4.57 Å². The highest BCUT2D eigenvalue weighted by molar-refractivity contribution is 7.99. The molecule has 0 atom stereocenters. The maximum absolute atomic E-state index is 12.4. The number of Topliss-reactive ketones (excluding diaryl/α,β-unsaturated/α-hetero) is 1.